The van der Waals surface area contributed by atoms with Crippen LogP contribution in [0.2, 0.25) is 0 Å². The second-order valence-electron chi connectivity index (χ2n) is 6.60. The first-order valence-corrected chi connectivity index (χ1v) is 8.90. The van der Waals surface area contributed by atoms with Crippen LogP contribution in [-0.2, 0) is 6.54 Å². The van der Waals surface area contributed by atoms with Gasteiger partial charge in [-0.25, -0.2) is 9.37 Å². The zero-order valence-electron chi connectivity index (χ0n) is 14.8. The van der Waals surface area contributed by atoms with Crippen LogP contribution in [0.5, 0.6) is 5.75 Å². The van der Waals surface area contributed by atoms with Gasteiger partial charge in [0.2, 0.25) is 0 Å². The van der Waals surface area contributed by atoms with E-state index >= 15 is 0 Å². The first-order chi connectivity index (χ1) is 12.7. The van der Waals surface area contributed by atoms with Gasteiger partial charge in [-0.15, -0.1) is 0 Å². The number of aliphatic hydroxyl groups is 1. The molecule has 1 atom stereocenters. The number of anilines is 1. The van der Waals surface area contributed by atoms with Crippen LogP contribution in [0, 0.1) is 0 Å². The van der Waals surface area contributed by atoms with Crippen molar-refractivity contribution in [2.45, 2.75) is 25.0 Å². The van der Waals surface area contributed by atoms with Gasteiger partial charge >= 0.3 is 0 Å². The molecule has 1 aliphatic heterocycles. The fourth-order valence-electron chi connectivity index (χ4n) is 3.21. The first-order valence-electron chi connectivity index (χ1n) is 8.90. The first kappa shape index (κ1) is 18.5. The third kappa shape index (κ3) is 5.12. The molecule has 3 rings (SSSR count). The average Bonchev–Trinajstić information content (AvgIpc) is 2.68. The second-order valence-corrected chi connectivity index (χ2v) is 6.60. The minimum atomic E-state index is -0.792. The number of ether oxygens (including phenoxy) is 1. The Kier molecular flexibility index (Phi) is 6.35. The monoisotopic (exact) mass is 360 g/mol. The number of hydrogen-bond acceptors (Lipinski definition) is 6. The van der Waals surface area contributed by atoms with Crippen molar-refractivity contribution in [2.75, 3.05) is 37.8 Å². The Morgan fingerprint density at radius 3 is 2.85 bits per heavy atom. The number of benzene rings is 1. The third-order valence-electron chi connectivity index (χ3n) is 4.48. The third-order valence-corrected chi connectivity index (χ3v) is 4.48. The Balaban J connectivity index is 1.49. The molecule has 0 radical (unpaired) electrons. The van der Waals surface area contributed by atoms with Crippen molar-refractivity contribution >= 4 is 5.82 Å². The van der Waals surface area contributed by atoms with Gasteiger partial charge in [-0.2, -0.15) is 0 Å². The summed E-state index contributed by atoms with van der Waals surface area (Å²) in [5.74, 6) is 1.46. The van der Waals surface area contributed by atoms with Gasteiger partial charge in [-0.05, 0) is 30.5 Å². The Morgan fingerprint density at radius 1 is 1.27 bits per heavy atom. The van der Waals surface area contributed by atoms with Crippen molar-refractivity contribution in [3.8, 4) is 5.75 Å². The van der Waals surface area contributed by atoms with Gasteiger partial charge in [0.15, 0.2) is 0 Å². The van der Waals surface area contributed by atoms with Crippen LogP contribution in [-0.4, -0.2) is 53.6 Å². The van der Waals surface area contributed by atoms with Crippen molar-refractivity contribution < 1.29 is 14.2 Å². The summed E-state index contributed by atoms with van der Waals surface area (Å²) in [6, 6.07) is 7.55. The van der Waals surface area contributed by atoms with Crippen LogP contribution >= 0.6 is 0 Å². The summed E-state index contributed by atoms with van der Waals surface area (Å²) < 4.78 is 17.3. The van der Waals surface area contributed by atoms with Crippen LogP contribution in [0.1, 0.15) is 18.4 Å². The SMILES string of the molecule is O[C@]1(CNCc2ccc(OCCF)cc2)CCCN(c2cnccn2)C1. The molecule has 0 amide bonds. The standard InChI is InChI=1S/C19H25FN4O2/c20-7-11-26-17-4-2-16(3-5-17)12-22-14-19(25)6-1-10-24(15-19)18-13-21-8-9-23-18/h2-5,8-9,13,22,25H,1,6-7,10-12,14-15H2/t19-/m0/s1. The minimum Gasteiger partial charge on any atom is -0.491 e. The van der Waals surface area contributed by atoms with Crippen molar-refractivity contribution in [3.05, 3.63) is 48.4 Å². The van der Waals surface area contributed by atoms with E-state index in [0.717, 1.165) is 30.8 Å². The molecule has 0 spiro atoms. The highest BCUT2D eigenvalue weighted by Gasteiger charge is 2.33. The Morgan fingerprint density at radius 2 is 2.12 bits per heavy atom. The Hall–Kier alpha value is -2.25. The van der Waals surface area contributed by atoms with E-state index < -0.39 is 12.3 Å². The molecule has 6 nitrogen and oxygen atoms in total. The number of β-amino-alcohol motifs (C(OH)–C–C–N with tert-alkyl or cyclic N) is 1. The molecule has 1 aliphatic rings. The molecule has 2 N–H and O–H groups in total. The van der Waals surface area contributed by atoms with Crippen molar-refractivity contribution in [1.82, 2.24) is 15.3 Å². The van der Waals surface area contributed by atoms with E-state index in [4.69, 9.17) is 4.74 Å². The van der Waals surface area contributed by atoms with Crippen molar-refractivity contribution in [2.24, 2.45) is 0 Å². The largest absolute Gasteiger partial charge is 0.491 e. The minimum absolute atomic E-state index is 0.0763. The average molecular weight is 360 g/mol. The molecule has 0 aliphatic carbocycles. The molecule has 1 fully saturated rings. The molecule has 7 heteroatoms. The normalized spacial score (nSPS) is 20.2. The summed E-state index contributed by atoms with van der Waals surface area (Å²) in [7, 11) is 0. The molecule has 2 aromatic rings. The number of nitrogens with zero attached hydrogens (tertiary/aromatic N) is 3. The molecule has 1 aromatic carbocycles. The number of hydrogen-bond donors (Lipinski definition) is 2. The quantitative estimate of drug-likeness (QED) is 0.750. The summed E-state index contributed by atoms with van der Waals surface area (Å²) in [4.78, 5) is 10.5. The molecule has 1 aromatic heterocycles. The number of halogens is 1. The number of nitrogens with one attached hydrogen (secondary N) is 1. The fraction of sp³-hybridized carbons (Fsp3) is 0.474. The molecular weight excluding hydrogens is 335 g/mol. The maximum absolute atomic E-state index is 12.1. The van der Waals surface area contributed by atoms with E-state index in [-0.39, 0.29) is 6.61 Å². The highest BCUT2D eigenvalue weighted by Crippen LogP contribution is 2.24. The van der Waals surface area contributed by atoms with E-state index in [9.17, 15) is 9.50 Å². The van der Waals surface area contributed by atoms with Gasteiger partial charge in [0.1, 0.15) is 24.8 Å². The number of piperidine rings is 1. The van der Waals surface area contributed by atoms with E-state index in [0.29, 0.717) is 25.4 Å². The van der Waals surface area contributed by atoms with Gasteiger partial charge in [-0.1, -0.05) is 12.1 Å². The van der Waals surface area contributed by atoms with Crippen molar-refractivity contribution in [1.29, 1.82) is 0 Å². The lowest BCUT2D eigenvalue weighted by Gasteiger charge is -2.39. The van der Waals surface area contributed by atoms with Gasteiger partial charge < -0.3 is 20.1 Å². The summed E-state index contributed by atoms with van der Waals surface area (Å²) in [6.07, 6.45) is 6.71. The van der Waals surface area contributed by atoms with Crippen LogP contribution in [0.15, 0.2) is 42.9 Å². The number of rotatable bonds is 8. The maximum Gasteiger partial charge on any atom is 0.147 e. The predicted molar refractivity (Wildman–Crippen MR) is 98.0 cm³/mol. The number of aromatic nitrogens is 2. The van der Waals surface area contributed by atoms with E-state index in [1.54, 1.807) is 18.6 Å². The van der Waals surface area contributed by atoms with Crippen LogP contribution < -0.4 is 15.0 Å². The summed E-state index contributed by atoms with van der Waals surface area (Å²) >= 11 is 0. The molecule has 26 heavy (non-hydrogen) atoms. The summed E-state index contributed by atoms with van der Waals surface area (Å²) in [5, 5.41) is 14.2. The zero-order valence-corrected chi connectivity index (χ0v) is 14.8. The second kappa shape index (κ2) is 8.91. The molecule has 0 unspecified atom stereocenters. The molecule has 0 saturated carbocycles. The van der Waals surface area contributed by atoms with Gasteiger partial charge in [0.25, 0.3) is 0 Å². The predicted octanol–water partition coefficient (Wildman–Crippen LogP) is 1.95. The lowest BCUT2D eigenvalue weighted by molar-refractivity contribution is 0.0258. The highest BCUT2D eigenvalue weighted by atomic mass is 19.1. The number of alkyl halides is 1. The topological polar surface area (TPSA) is 70.5 Å². The molecule has 140 valence electrons. The van der Waals surface area contributed by atoms with Crippen LogP contribution in [0.3, 0.4) is 0 Å². The maximum atomic E-state index is 12.1. The lowest BCUT2D eigenvalue weighted by atomic mass is 9.92. The Bertz CT molecular complexity index is 671. The van der Waals surface area contributed by atoms with Crippen LogP contribution in [0.25, 0.3) is 0 Å². The molecule has 0 bridgehead atoms. The molecule has 1 saturated heterocycles. The zero-order chi connectivity index (χ0) is 18.2. The van der Waals surface area contributed by atoms with Gasteiger partial charge in [0, 0.05) is 38.6 Å². The lowest BCUT2D eigenvalue weighted by Crippen LogP contribution is -2.53. The Labute approximate surface area is 153 Å². The summed E-state index contributed by atoms with van der Waals surface area (Å²) in [6.45, 7) is 2.15. The van der Waals surface area contributed by atoms with Crippen LogP contribution in [0.4, 0.5) is 10.2 Å². The van der Waals surface area contributed by atoms with Crippen molar-refractivity contribution in [3.63, 3.8) is 0 Å². The highest BCUT2D eigenvalue weighted by molar-refractivity contribution is 5.36. The molecule has 2 heterocycles. The fourth-order valence-corrected chi connectivity index (χ4v) is 3.21. The smallest absolute Gasteiger partial charge is 0.147 e. The van der Waals surface area contributed by atoms with E-state index in [2.05, 4.69) is 20.2 Å². The van der Waals surface area contributed by atoms with Gasteiger partial charge in [-0.3, -0.25) is 4.98 Å². The van der Waals surface area contributed by atoms with E-state index in [1.165, 1.54) is 0 Å². The van der Waals surface area contributed by atoms with E-state index in [1.807, 2.05) is 24.3 Å². The molecular formula is C19H25FN4O2. The summed E-state index contributed by atoms with van der Waals surface area (Å²) in [5.41, 5.74) is 0.294. The van der Waals surface area contributed by atoms with Gasteiger partial charge in [0.05, 0.1) is 11.8 Å².